The van der Waals surface area contributed by atoms with Gasteiger partial charge in [0.1, 0.15) is 5.76 Å². The number of nitrogens with one attached hydrogen (secondary N) is 1. The Morgan fingerprint density at radius 2 is 1.85 bits per heavy atom. The molecule has 0 aliphatic carbocycles. The lowest BCUT2D eigenvalue weighted by molar-refractivity contribution is -0.137. The number of rotatable bonds is 5. The van der Waals surface area contributed by atoms with E-state index in [-0.39, 0.29) is 16.9 Å². The van der Waals surface area contributed by atoms with Crippen LogP contribution in [0.2, 0.25) is 0 Å². The molecule has 0 spiro atoms. The molecule has 1 N–H and O–H groups in total. The van der Waals surface area contributed by atoms with E-state index in [0.29, 0.717) is 24.3 Å². The molecule has 0 saturated carbocycles. The number of furan rings is 1. The van der Waals surface area contributed by atoms with Gasteiger partial charge in [-0.05, 0) is 37.3 Å². The zero-order chi connectivity index (χ0) is 24.7. The maximum Gasteiger partial charge on any atom is 0.418 e. The van der Waals surface area contributed by atoms with Crippen molar-refractivity contribution in [2.75, 3.05) is 5.32 Å². The topological polar surface area (TPSA) is 73.0 Å². The van der Waals surface area contributed by atoms with E-state index in [1.165, 1.54) is 31.8 Å². The van der Waals surface area contributed by atoms with Crippen molar-refractivity contribution in [2.24, 2.45) is 0 Å². The van der Waals surface area contributed by atoms with Crippen molar-refractivity contribution in [3.05, 3.63) is 83.6 Å². The molecule has 1 aromatic carbocycles. The summed E-state index contributed by atoms with van der Waals surface area (Å²) in [5.74, 6) is -3.51. The van der Waals surface area contributed by atoms with E-state index in [0.717, 1.165) is 16.8 Å². The summed E-state index contributed by atoms with van der Waals surface area (Å²) in [6.45, 7) is 2.01. The first-order valence-corrected chi connectivity index (χ1v) is 9.90. The Morgan fingerprint density at radius 3 is 2.50 bits per heavy atom. The molecule has 0 aliphatic rings. The summed E-state index contributed by atoms with van der Waals surface area (Å²) in [5.41, 5.74) is -1.38. The summed E-state index contributed by atoms with van der Waals surface area (Å²) in [5, 5.41) is 6.62. The van der Waals surface area contributed by atoms with Gasteiger partial charge in [0.15, 0.2) is 0 Å². The normalized spacial score (nSPS) is 12.1. The van der Waals surface area contributed by atoms with Gasteiger partial charge in [0, 0.05) is 30.4 Å². The minimum Gasteiger partial charge on any atom is -0.464 e. The van der Waals surface area contributed by atoms with Crippen LogP contribution in [0.5, 0.6) is 0 Å². The molecular formula is C23H17F5N4O2. The number of anilines is 1. The first kappa shape index (κ1) is 23.1. The zero-order valence-electron chi connectivity index (χ0n) is 17.8. The van der Waals surface area contributed by atoms with Crippen molar-refractivity contribution in [1.82, 2.24) is 14.8 Å². The molecule has 3 aromatic heterocycles. The molecule has 6 nitrogen and oxygen atoms in total. The smallest absolute Gasteiger partial charge is 0.418 e. The van der Waals surface area contributed by atoms with Crippen LogP contribution in [0.25, 0.3) is 17.0 Å². The summed E-state index contributed by atoms with van der Waals surface area (Å²) in [6.07, 6.45) is 0.598. The average molecular weight is 476 g/mol. The number of carbonyl (C=O) groups is 1. The predicted octanol–water partition coefficient (Wildman–Crippen LogP) is 6.22. The summed E-state index contributed by atoms with van der Waals surface area (Å²) < 4.78 is 74.3. The number of aryl methyl sites for hydroxylation is 1. The molecule has 3 heterocycles. The third-order valence-electron chi connectivity index (χ3n) is 5.01. The van der Waals surface area contributed by atoms with Gasteiger partial charge in [-0.3, -0.25) is 9.78 Å². The van der Waals surface area contributed by atoms with Crippen LogP contribution in [0, 0.1) is 6.92 Å². The van der Waals surface area contributed by atoms with Gasteiger partial charge in [0.2, 0.25) is 0 Å². The van der Waals surface area contributed by atoms with E-state index in [4.69, 9.17) is 4.42 Å². The zero-order valence-corrected chi connectivity index (χ0v) is 17.8. The van der Waals surface area contributed by atoms with Crippen molar-refractivity contribution >= 4 is 11.6 Å². The number of hydrogen-bond donors (Lipinski definition) is 1. The molecule has 0 fully saturated rings. The molecule has 1 amide bonds. The number of nitrogens with zero attached hydrogens (tertiary/aromatic N) is 3. The Hall–Kier alpha value is -4.02. The second-order valence-electron chi connectivity index (χ2n) is 7.58. The Morgan fingerprint density at radius 1 is 1.09 bits per heavy atom. The number of hydrogen-bond acceptors (Lipinski definition) is 4. The second-order valence-corrected chi connectivity index (χ2v) is 7.58. The maximum atomic E-state index is 13.6. The number of benzene rings is 1. The van der Waals surface area contributed by atoms with E-state index in [2.05, 4.69) is 15.4 Å². The third kappa shape index (κ3) is 4.68. The third-order valence-corrected chi connectivity index (χ3v) is 5.01. The summed E-state index contributed by atoms with van der Waals surface area (Å²) >= 11 is 0. The van der Waals surface area contributed by atoms with Crippen LogP contribution in [0.4, 0.5) is 27.6 Å². The fourth-order valence-electron chi connectivity index (χ4n) is 3.28. The second kappa shape index (κ2) is 8.40. The molecule has 4 aromatic rings. The molecule has 11 heteroatoms. The number of halogens is 5. The molecule has 4 rings (SSSR count). The highest BCUT2D eigenvalue weighted by Gasteiger charge is 2.37. The van der Waals surface area contributed by atoms with Crippen LogP contribution in [-0.4, -0.2) is 20.7 Å². The monoisotopic (exact) mass is 476 g/mol. The molecule has 0 unspecified atom stereocenters. The van der Waals surface area contributed by atoms with Crippen molar-refractivity contribution in [2.45, 2.75) is 25.9 Å². The van der Waals surface area contributed by atoms with Crippen LogP contribution >= 0.6 is 0 Å². The minimum absolute atomic E-state index is 0.145. The number of aromatic nitrogens is 3. The fourth-order valence-corrected chi connectivity index (χ4v) is 3.28. The number of carbonyl (C=O) groups excluding carboxylic acids is 1. The molecule has 0 aliphatic heterocycles. The van der Waals surface area contributed by atoms with Crippen LogP contribution in [-0.2, 0) is 12.1 Å². The van der Waals surface area contributed by atoms with Gasteiger partial charge in [0.05, 0.1) is 40.7 Å². The maximum absolute atomic E-state index is 13.6. The summed E-state index contributed by atoms with van der Waals surface area (Å²) in [4.78, 5) is 16.8. The summed E-state index contributed by atoms with van der Waals surface area (Å²) in [6, 6.07) is 7.16. The van der Waals surface area contributed by atoms with Gasteiger partial charge in [-0.15, -0.1) is 0 Å². The highest BCUT2D eigenvalue weighted by atomic mass is 19.4. The van der Waals surface area contributed by atoms with Crippen molar-refractivity contribution < 1.29 is 31.2 Å². The number of amides is 1. The molecule has 34 heavy (non-hydrogen) atoms. The molecule has 0 bridgehead atoms. The van der Waals surface area contributed by atoms with Crippen LogP contribution in [0.1, 0.15) is 34.1 Å². The van der Waals surface area contributed by atoms with E-state index in [1.807, 2.05) is 0 Å². The Balaban J connectivity index is 1.65. The van der Waals surface area contributed by atoms with Gasteiger partial charge < -0.3 is 9.73 Å². The average Bonchev–Trinajstić information content (AvgIpc) is 3.43. The van der Waals surface area contributed by atoms with Gasteiger partial charge in [-0.25, -0.2) is 13.5 Å². The fraction of sp³-hybridized carbons (Fsp3) is 0.174. The standard InChI is InChI=1S/C23H17F5N4O2/c1-13-18(30-21(33)15-8-14(10-29-11-15)20-4-3-7-34-20)12-32(31-13)19-6-5-16(22(2,24)25)9-17(19)23(26,27)28/h3-12H,1-2H3,(H,30,33). The van der Waals surface area contributed by atoms with E-state index in [1.54, 1.807) is 18.2 Å². The van der Waals surface area contributed by atoms with Crippen molar-refractivity contribution in [3.8, 4) is 17.0 Å². The molecule has 0 saturated heterocycles. The van der Waals surface area contributed by atoms with E-state index < -0.39 is 34.8 Å². The van der Waals surface area contributed by atoms with Crippen molar-refractivity contribution in [1.29, 1.82) is 0 Å². The van der Waals surface area contributed by atoms with Crippen LogP contribution in [0.15, 0.2) is 65.7 Å². The molecule has 0 atom stereocenters. The van der Waals surface area contributed by atoms with Gasteiger partial charge in [-0.2, -0.15) is 18.3 Å². The first-order valence-electron chi connectivity index (χ1n) is 9.90. The van der Waals surface area contributed by atoms with Crippen LogP contribution in [0.3, 0.4) is 0 Å². The highest BCUT2D eigenvalue weighted by Crippen LogP contribution is 2.38. The van der Waals surface area contributed by atoms with Gasteiger partial charge >= 0.3 is 6.18 Å². The van der Waals surface area contributed by atoms with Crippen molar-refractivity contribution in [3.63, 3.8) is 0 Å². The number of alkyl halides is 5. The first-order chi connectivity index (χ1) is 15.9. The highest BCUT2D eigenvalue weighted by molar-refractivity contribution is 6.04. The van der Waals surface area contributed by atoms with Crippen LogP contribution < -0.4 is 5.32 Å². The SMILES string of the molecule is Cc1nn(-c2ccc(C(C)(F)F)cc2C(F)(F)F)cc1NC(=O)c1cncc(-c2ccco2)c1. The Bertz CT molecular complexity index is 1340. The Labute approximate surface area is 190 Å². The molecule has 0 radical (unpaired) electrons. The van der Waals surface area contributed by atoms with E-state index >= 15 is 0 Å². The largest absolute Gasteiger partial charge is 0.464 e. The Kier molecular flexibility index (Phi) is 5.72. The molecule has 176 valence electrons. The lowest BCUT2D eigenvalue weighted by Gasteiger charge is -2.17. The summed E-state index contributed by atoms with van der Waals surface area (Å²) in [7, 11) is 0. The minimum atomic E-state index is -4.90. The lowest BCUT2D eigenvalue weighted by Crippen LogP contribution is -2.15. The lowest BCUT2D eigenvalue weighted by atomic mass is 10.0. The molecular weight excluding hydrogens is 459 g/mol. The van der Waals surface area contributed by atoms with Gasteiger partial charge in [0.25, 0.3) is 11.8 Å². The number of pyridine rings is 1. The van der Waals surface area contributed by atoms with Gasteiger partial charge in [-0.1, -0.05) is 6.07 Å². The predicted molar refractivity (Wildman–Crippen MR) is 113 cm³/mol. The quantitative estimate of drug-likeness (QED) is 0.347. The van der Waals surface area contributed by atoms with E-state index in [9.17, 15) is 26.7 Å².